The molecule has 0 aromatic heterocycles. The number of hydrogen-bond acceptors (Lipinski definition) is 8. The zero-order valence-corrected chi connectivity index (χ0v) is 22.3. The summed E-state index contributed by atoms with van der Waals surface area (Å²) in [4.78, 5) is 39.2. The molecule has 10 heteroatoms. The van der Waals surface area contributed by atoms with Gasteiger partial charge in [-0.1, -0.05) is 42.0 Å². The topological polar surface area (TPSA) is 123 Å². The Kier molecular flexibility index (Phi) is 7.62. The molecule has 0 bridgehead atoms. The van der Waals surface area contributed by atoms with Gasteiger partial charge in [0.1, 0.15) is 5.75 Å². The number of ether oxygens (including phenoxy) is 2. The first-order chi connectivity index (χ1) is 18.7. The summed E-state index contributed by atoms with van der Waals surface area (Å²) in [5.74, 6) is -2.82. The van der Waals surface area contributed by atoms with Gasteiger partial charge in [-0.2, -0.15) is 4.90 Å². The number of methoxy groups -OCH3 is 2. The van der Waals surface area contributed by atoms with E-state index in [1.807, 2.05) is 37.3 Å². The van der Waals surface area contributed by atoms with Crippen molar-refractivity contribution in [1.82, 2.24) is 4.90 Å². The van der Waals surface area contributed by atoms with E-state index in [1.165, 1.54) is 0 Å². The fourth-order valence-electron chi connectivity index (χ4n) is 6.47. The molecule has 0 radical (unpaired) electrons. The number of allylic oxidation sites excluding steroid dienone is 1. The second-order valence-corrected chi connectivity index (χ2v) is 10.5. The summed E-state index contributed by atoms with van der Waals surface area (Å²) in [6.45, 7) is 2.28. The number of benzene rings is 2. The molecular formula is C29H32BNO8. The van der Waals surface area contributed by atoms with Gasteiger partial charge in [0.05, 0.1) is 31.7 Å². The van der Waals surface area contributed by atoms with Crippen LogP contribution in [0.3, 0.4) is 0 Å². The summed E-state index contributed by atoms with van der Waals surface area (Å²) in [5.41, 5.74) is 3.83. The summed E-state index contributed by atoms with van der Waals surface area (Å²) in [6, 6.07) is 11.2. The third-order valence-electron chi connectivity index (χ3n) is 8.12. The number of fused-ring (bicyclic) bond motifs is 4. The lowest BCUT2D eigenvalue weighted by molar-refractivity contribution is -0.137. The maximum atomic E-state index is 13.3. The van der Waals surface area contributed by atoms with Crippen molar-refractivity contribution in [3.8, 4) is 5.75 Å². The van der Waals surface area contributed by atoms with Crippen LogP contribution in [-0.2, 0) is 23.7 Å². The van der Waals surface area contributed by atoms with E-state index in [4.69, 9.17) is 14.1 Å². The molecule has 2 aromatic rings. The molecule has 2 aromatic carbocycles. The van der Waals surface area contributed by atoms with Crippen LogP contribution in [0.1, 0.15) is 31.7 Å². The largest absolute Gasteiger partial charge is 0.507 e. The number of phenols is 1. The molecule has 0 unspecified atom stereocenters. The lowest BCUT2D eigenvalue weighted by Crippen LogP contribution is -2.46. The number of likely N-dealkylation sites (tertiary alicyclic amines) is 1. The van der Waals surface area contributed by atoms with Crippen molar-refractivity contribution in [3.05, 3.63) is 58.7 Å². The zero-order valence-electron chi connectivity index (χ0n) is 22.3. The number of rotatable bonds is 6. The maximum absolute atomic E-state index is 13.3. The van der Waals surface area contributed by atoms with Crippen LogP contribution in [-0.4, -0.2) is 67.0 Å². The lowest BCUT2D eigenvalue weighted by Gasteiger charge is -2.43. The predicted molar refractivity (Wildman–Crippen MR) is 144 cm³/mol. The molecule has 4 atom stereocenters. The van der Waals surface area contributed by atoms with Crippen LogP contribution in [0.15, 0.2) is 53.1 Å². The summed E-state index contributed by atoms with van der Waals surface area (Å²) in [7, 11) is 1.60. The van der Waals surface area contributed by atoms with Gasteiger partial charge in [0.15, 0.2) is 0 Å². The van der Waals surface area contributed by atoms with Gasteiger partial charge in [-0.25, -0.2) is 4.79 Å². The number of hydrogen-bond donors (Lipinski definition) is 2. The Balaban J connectivity index is 1.42. The molecule has 2 fully saturated rings. The van der Waals surface area contributed by atoms with Crippen molar-refractivity contribution in [2.75, 3.05) is 20.8 Å². The molecule has 1 aliphatic carbocycles. The van der Waals surface area contributed by atoms with Gasteiger partial charge in [-0.3, -0.25) is 9.59 Å². The fourth-order valence-corrected chi connectivity index (χ4v) is 6.47. The second-order valence-electron chi connectivity index (χ2n) is 10.5. The molecule has 3 aliphatic rings. The highest BCUT2D eigenvalue weighted by molar-refractivity contribution is 6.43. The Morgan fingerprint density at radius 1 is 1.13 bits per heavy atom. The first-order valence-electron chi connectivity index (χ1n) is 13.1. The van der Waals surface area contributed by atoms with Crippen molar-refractivity contribution < 1.29 is 38.6 Å². The Hall–Kier alpha value is -3.47. The smallest absolute Gasteiger partial charge is 0.455 e. The maximum Gasteiger partial charge on any atom is 0.455 e. The summed E-state index contributed by atoms with van der Waals surface area (Å²) in [5, 5.41) is 22.6. The average Bonchev–Trinajstić information content (AvgIpc) is 3.18. The Labute approximate surface area is 227 Å². The van der Waals surface area contributed by atoms with E-state index in [9.17, 15) is 24.5 Å². The molecule has 2 aliphatic heterocycles. The minimum atomic E-state index is -1.10. The molecule has 5 rings (SSSR count). The van der Waals surface area contributed by atoms with E-state index < -0.39 is 48.9 Å². The molecular weight excluding hydrogens is 501 g/mol. The van der Waals surface area contributed by atoms with Crippen LogP contribution in [0.5, 0.6) is 5.75 Å². The molecule has 2 N–H and O–H groups in total. The average molecular weight is 533 g/mol. The molecule has 9 nitrogen and oxygen atoms in total. The third kappa shape index (κ3) is 4.88. The van der Waals surface area contributed by atoms with Crippen LogP contribution in [0.4, 0.5) is 4.79 Å². The first-order valence-corrected chi connectivity index (χ1v) is 13.1. The molecule has 0 saturated carbocycles. The summed E-state index contributed by atoms with van der Waals surface area (Å²) < 4.78 is 16.2. The van der Waals surface area contributed by atoms with E-state index in [1.54, 1.807) is 13.2 Å². The van der Waals surface area contributed by atoms with Gasteiger partial charge in [0, 0.05) is 12.5 Å². The van der Waals surface area contributed by atoms with Crippen LogP contribution in [0.2, 0.25) is 6.32 Å². The number of amides is 3. The molecule has 3 amide bonds. The third-order valence-corrected chi connectivity index (χ3v) is 8.12. The van der Waals surface area contributed by atoms with Crippen molar-refractivity contribution in [3.63, 3.8) is 0 Å². The minimum absolute atomic E-state index is 0.155. The Morgan fingerprint density at radius 2 is 1.87 bits per heavy atom. The molecule has 204 valence electrons. The number of carbonyl (C=O) groups excluding carboxylic acids is 3. The van der Waals surface area contributed by atoms with E-state index in [0.717, 1.165) is 40.2 Å². The van der Waals surface area contributed by atoms with Crippen molar-refractivity contribution >= 4 is 41.9 Å². The SMILES string of the molecule is COCC1=C2[C@@H](CC/C(C)=C/c3ccc(O)c4ccccc34)OB(O)C[C@@H]2[C@@H]2C(=O)N(C(=O)OC)C(=O)[C@@H]2C1. The van der Waals surface area contributed by atoms with Gasteiger partial charge in [-0.05, 0) is 66.6 Å². The van der Waals surface area contributed by atoms with E-state index in [0.29, 0.717) is 17.7 Å². The lowest BCUT2D eigenvalue weighted by atomic mass is 9.58. The van der Waals surface area contributed by atoms with Crippen LogP contribution in [0.25, 0.3) is 16.8 Å². The van der Waals surface area contributed by atoms with Gasteiger partial charge in [0.25, 0.3) is 0 Å². The van der Waals surface area contributed by atoms with E-state index in [2.05, 4.69) is 6.08 Å². The van der Waals surface area contributed by atoms with E-state index >= 15 is 0 Å². The van der Waals surface area contributed by atoms with Crippen molar-refractivity contribution in [2.45, 2.75) is 38.6 Å². The summed E-state index contributed by atoms with van der Waals surface area (Å²) >= 11 is 0. The first kappa shape index (κ1) is 27.1. The Bertz CT molecular complexity index is 1380. The highest BCUT2D eigenvalue weighted by atomic mass is 16.5. The predicted octanol–water partition coefficient (Wildman–Crippen LogP) is 3.94. The van der Waals surface area contributed by atoms with Crippen molar-refractivity contribution in [1.29, 1.82) is 0 Å². The van der Waals surface area contributed by atoms with Crippen LogP contribution >= 0.6 is 0 Å². The molecule has 0 spiro atoms. The monoisotopic (exact) mass is 533 g/mol. The number of phenolic OH excluding ortho intramolecular Hbond substituents is 1. The normalized spacial score (nSPS) is 25.3. The number of imide groups is 3. The quantitative estimate of drug-likeness (QED) is 0.325. The molecule has 39 heavy (non-hydrogen) atoms. The number of aromatic hydroxyl groups is 1. The highest BCUT2D eigenvalue weighted by Gasteiger charge is 2.59. The van der Waals surface area contributed by atoms with Crippen LogP contribution in [0, 0.1) is 17.8 Å². The molecule has 2 heterocycles. The highest BCUT2D eigenvalue weighted by Crippen LogP contribution is 2.50. The Morgan fingerprint density at radius 3 is 2.59 bits per heavy atom. The van der Waals surface area contributed by atoms with E-state index in [-0.39, 0.29) is 25.1 Å². The second kappa shape index (κ2) is 11.0. The number of carbonyl (C=O) groups is 3. The zero-order chi connectivity index (χ0) is 27.8. The van der Waals surface area contributed by atoms with Gasteiger partial charge in [0.2, 0.25) is 11.8 Å². The molecule has 2 saturated heterocycles. The summed E-state index contributed by atoms with van der Waals surface area (Å²) in [6.07, 6.45) is 2.26. The van der Waals surface area contributed by atoms with Gasteiger partial charge >= 0.3 is 13.2 Å². The number of nitrogens with zero attached hydrogens (tertiary/aromatic N) is 1. The standard InChI is InChI=1S/C29H32BNO8/c1-16(12-17-9-10-23(32)20-7-5-4-6-19(17)20)8-11-24-25-18(15-37-2)13-21-26(22(25)14-30(36)39-24)28(34)31(27(21)33)29(35)38-3/h4-7,9-10,12,21-22,24,26,32,36H,8,11,13-15H2,1-3H3/b16-12+/t21-,22+,24-,26-/m1/s1. The van der Waals surface area contributed by atoms with Crippen molar-refractivity contribution in [2.24, 2.45) is 17.8 Å². The van der Waals surface area contributed by atoms with Gasteiger partial charge < -0.3 is 24.3 Å². The van der Waals surface area contributed by atoms with Gasteiger partial charge in [-0.15, -0.1) is 0 Å². The minimum Gasteiger partial charge on any atom is -0.507 e. The fraction of sp³-hybridized carbons (Fsp3) is 0.414. The van der Waals surface area contributed by atoms with Crippen LogP contribution < -0.4 is 0 Å².